The van der Waals surface area contributed by atoms with Gasteiger partial charge in [-0.05, 0) is 100 Å². The summed E-state index contributed by atoms with van der Waals surface area (Å²) in [4.78, 5) is 44.8. The Morgan fingerprint density at radius 3 is 2.17 bits per heavy atom. The van der Waals surface area contributed by atoms with Crippen LogP contribution in [0.15, 0.2) is 30.3 Å². The van der Waals surface area contributed by atoms with Crippen molar-refractivity contribution in [3.8, 4) is 0 Å². The first-order chi connectivity index (χ1) is 30.8. The highest BCUT2D eigenvalue weighted by atomic mass is 16.7. The molecule has 1 aromatic carbocycles. The molecule has 4 rings (SSSR count). The number of aliphatic hydroxyl groups excluding tert-OH is 1. The lowest BCUT2D eigenvalue weighted by Crippen LogP contribution is -2.61. The van der Waals surface area contributed by atoms with Crippen molar-refractivity contribution < 1.29 is 72.3 Å². The molecule has 3 saturated heterocycles. The van der Waals surface area contributed by atoms with Crippen molar-refractivity contribution in [2.75, 3.05) is 41.4 Å². The molecule has 0 saturated carbocycles. The lowest BCUT2D eigenvalue weighted by molar-refractivity contribution is -0.318. The Kier molecular flexibility index (Phi) is 20.0. The maximum absolute atomic E-state index is 14.8. The lowest BCUT2D eigenvalue weighted by Gasteiger charge is -2.49. The summed E-state index contributed by atoms with van der Waals surface area (Å²) in [6, 6.07) is 8.46. The van der Waals surface area contributed by atoms with Gasteiger partial charge in [0, 0.05) is 39.0 Å². The van der Waals surface area contributed by atoms with Crippen molar-refractivity contribution in [2.45, 2.75) is 199 Å². The van der Waals surface area contributed by atoms with Gasteiger partial charge in [0.25, 0.3) is 0 Å². The first-order valence-corrected chi connectivity index (χ1v) is 23.6. The second-order valence-electron chi connectivity index (χ2n) is 20.2. The van der Waals surface area contributed by atoms with Gasteiger partial charge in [-0.1, -0.05) is 51.1 Å². The van der Waals surface area contributed by atoms with Gasteiger partial charge in [-0.2, -0.15) is 0 Å². The van der Waals surface area contributed by atoms with E-state index in [1.807, 2.05) is 82.0 Å². The van der Waals surface area contributed by atoms with Crippen LogP contribution >= 0.6 is 0 Å². The second kappa shape index (κ2) is 23.7. The van der Waals surface area contributed by atoms with Gasteiger partial charge in [0.2, 0.25) is 0 Å². The Bertz CT molecular complexity index is 1700. The van der Waals surface area contributed by atoms with Crippen LogP contribution in [0.25, 0.3) is 0 Å². The minimum atomic E-state index is -1.92. The maximum atomic E-state index is 14.8. The number of carbonyl (C=O) groups excluding carboxylic acids is 3. The maximum Gasteiger partial charge on any atom is 0.332 e. The highest BCUT2D eigenvalue weighted by Gasteiger charge is 2.54. The zero-order chi connectivity index (χ0) is 49.5. The summed E-state index contributed by atoms with van der Waals surface area (Å²) in [7, 11) is 7.11. The number of nitrogens with zero attached hydrogens (tertiary/aromatic N) is 2. The minimum Gasteiger partial charge on any atom is -0.459 e. The third-order valence-electron chi connectivity index (χ3n) is 14.0. The van der Waals surface area contributed by atoms with E-state index >= 15 is 0 Å². The molecule has 3 aliphatic heterocycles. The van der Waals surface area contributed by atoms with Crippen LogP contribution in [0.5, 0.6) is 0 Å². The van der Waals surface area contributed by atoms with E-state index in [1.165, 1.54) is 21.0 Å². The first kappa shape index (κ1) is 55.8. The minimum absolute atomic E-state index is 0.0832. The molecule has 17 heteroatoms. The van der Waals surface area contributed by atoms with Crippen molar-refractivity contribution in [2.24, 2.45) is 17.8 Å². The standard InChI is InChI=1S/C49H82N2O15/c1-16-37-49(11,57)44(64-38(53)27-59-26-35-20-18-17-19-21-35)32(6)51(14)25-28(2)23-47(9,56)43(66-46-41(62-34(8)52)36(50(12)13)22-29(3)60-46)30(4)40(31(5)45(55)63-37)65-39-24-48(10,58-15)42(54)33(7)61-39/h17-21,28-33,36-37,39-44,46,54,56-57H,16,22-27H2,1-15H3/t28?,29-,30?,31?,32?,33+,36+,37?,39+,40?,41-,42+,43?,44?,46+,47?,48-,49?/m1/s1. The molecule has 1 aromatic rings. The molecular formula is C49H82N2O15. The number of ether oxygens (including phenoxy) is 9. The summed E-state index contributed by atoms with van der Waals surface area (Å²) in [5, 5.41) is 36.5. The number of hydrogen-bond acceptors (Lipinski definition) is 17. The van der Waals surface area contributed by atoms with Crippen molar-refractivity contribution >= 4 is 17.9 Å². The summed E-state index contributed by atoms with van der Waals surface area (Å²) < 4.78 is 56.3. The highest BCUT2D eigenvalue weighted by molar-refractivity contribution is 5.73. The predicted octanol–water partition coefficient (Wildman–Crippen LogP) is 4.24. The van der Waals surface area contributed by atoms with E-state index in [2.05, 4.69) is 0 Å². The van der Waals surface area contributed by atoms with Crippen LogP contribution < -0.4 is 0 Å². The van der Waals surface area contributed by atoms with Gasteiger partial charge in [0.15, 0.2) is 18.7 Å². The Morgan fingerprint density at radius 2 is 1.58 bits per heavy atom. The van der Waals surface area contributed by atoms with E-state index in [0.717, 1.165) is 5.56 Å². The highest BCUT2D eigenvalue weighted by Crippen LogP contribution is 2.41. The number of carbonyl (C=O) groups is 3. The van der Waals surface area contributed by atoms with E-state index in [0.29, 0.717) is 13.0 Å². The van der Waals surface area contributed by atoms with E-state index in [9.17, 15) is 29.7 Å². The second-order valence-corrected chi connectivity index (χ2v) is 20.2. The van der Waals surface area contributed by atoms with Gasteiger partial charge in [0.05, 0.1) is 54.2 Å². The van der Waals surface area contributed by atoms with Gasteiger partial charge in [-0.25, -0.2) is 4.79 Å². The number of methoxy groups -OCH3 is 1. The van der Waals surface area contributed by atoms with Gasteiger partial charge in [0.1, 0.15) is 30.5 Å². The van der Waals surface area contributed by atoms with Gasteiger partial charge < -0.3 is 62.9 Å². The lowest BCUT2D eigenvalue weighted by atomic mass is 9.77. The molecule has 0 aromatic heterocycles. The monoisotopic (exact) mass is 939 g/mol. The van der Waals surface area contributed by atoms with E-state index < -0.39 is 108 Å². The molecule has 3 heterocycles. The third kappa shape index (κ3) is 13.9. The summed E-state index contributed by atoms with van der Waals surface area (Å²) >= 11 is 0. The molecule has 18 atom stereocenters. The van der Waals surface area contributed by atoms with Crippen LogP contribution in [0.4, 0.5) is 0 Å². The molecule has 0 spiro atoms. The molecule has 3 fully saturated rings. The van der Waals surface area contributed by atoms with E-state index in [-0.39, 0.29) is 50.5 Å². The Balaban J connectivity index is 1.82. The van der Waals surface area contributed by atoms with Crippen LogP contribution in [-0.2, 0) is 63.6 Å². The smallest absolute Gasteiger partial charge is 0.332 e. The molecule has 0 aliphatic carbocycles. The molecule has 10 unspecified atom stereocenters. The molecule has 3 aliphatic rings. The Morgan fingerprint density at radius 1 is 0.924 bits per heavy atom. The molecule has 17 nitrogen and oxygen atoms in total. The average molecular weight is 939 g/mol. The van der Waals surface area contributed by atoms with Crippen molar-refractivity contribution in [1.29, 1.82) is 0 Å². The van der Waals surface area contributed by atoms with Crippen LogP contribution in [0, 0.1) is 17.8 Å². The summed E-state index contributed by atoms with van der Waals surface area (Å²) in [5.74, 6) is -4.17. The fraction of sp³-hybridized carbons (Fsp3) is 0.816. The molecule has 0 amide bonds. The normalized spacial score (nSPS) is 41.3. The van der Waals surface area contributed by atoms with Gasteiger partial charge >= 0.3 is 17.9 Å². The number of hydrogen-bond donors (Lipinski definition) is 3. The fourth-order valence-electron chi connectivity index (χ4n) is 10.2. The van der Waals surface area contributed by atoms with Crippen molar-refractivity contribution in [3.05, 3.63) is 35.9 Å². The Labute approximate surface area is 393 Å². The quantitative estimate of drug-likeness (QED) is 0.187. The number of likely N-dealkylation sites (N-methyl/N-ethyl adjacent to an activating group) is 2. The van der Waals surface area contributed by atoms with Crippen LogP contribution in [0.1, 0.15) is 107 Å². The van der Waals surface area contributed by atoms with Crippen LogP contribution in [0.3, 0.4) is 0 Å². The fourth-order valence-corrected chi connectivity index (χ4v) is 10.2. The molecule has 3 N–H and O–H groups in total. The topological polar surface area (TPSA) is 201 Å². The zero-order valence-electron chi connectivity index (χ0n) is 42.1. The Hall–Kier alpha value is -2.81. The van der Waals surface area contributed by atoms with Gasteiger partial charge in [-0.15, -0.1) is 0 Å². The van der Waals surface area contributed by atoms with E-state index in [4.69, 9.17) is 42.6 Å². The SMILES string of the molecule is CCC1OC(=O)C(C)C(O[C@H]2C[C@@](C)(OC)[C@@H](O)[C@H](C)O2)C(C)C(O[C@@H]2O[C@H](C)C[C@H](N(C)C)[C@H]2OC(C)=O)C(C)(O)CC(C)CN(C)C(C)C(OC(=O)COCc2ccccc2)C1(C)O. The van der Waals surface area contributed by atoms with Crippen molar-refractivity contribution in [3.63, 3.8) is 0 Å². The molecular weight excluding hydrogens is 857 g/mol. The average Bonchev–Trinajstić information content (AvgIpc) is 3.24. The van der Waals surface area contributed by atoms with Crippen LogP contribution in [0.2, 0.25) is 0 Å². The number of rotatable bonds is 13. The third-order valence-corrected chi connectivity index (χ3v) is 14.0. The molecule has 378 valence electrons. The number of aliphatic hydroxyl groups is 3. The van der Waals surface area contributed by atoms with E-state index in [1.54, 1.807) is 41.5 Å². The number of benzene rings is 1. The molecule has 66 heavy (non-hydrogen) atoms. The van der Waals surface area contributed by atoms with Crippen molar-refractivity contribution in [1.82, 2.24) is 9.80 Å². The van der Waals surface area contributed by atoms with Crippen LogP contribution in [-0.4, -0.2) is 175 Å². The zero-order valence-corrected chi connectivity index (χ0v) is 42.1. The summed E-state index contributed by atoms with van der Waals surface area (Å²) in [5.41, 5.74) is -3.79. The number of esters is 3. The summed E-state index contributed by atoms with van der Waals surface area (Å²) in [6.07, 6.45) is -8.80. The molecule has 0 radical (unpaired) electrons. The van der Waals surface area contributed by atoms with Gasteiger partial charge in [-0.3, -0.25) is 14.5 Å². The summed E-state index contributed by atoms with van der Waals surface area (Å²) in [6.45, 7) is 19.0. The number of cyclic esters (lactones) is 1. The largest absolute Gasteiger partial charge is 0.459 e. The predicted molar refractivity (Wildman–Crippen MR) is 244 cm³/mol. The molecule has 0 bridgehead atoms. The first-order valence-electron chi connectivity index (χ1n) is 23.6.